The molecule has 0 fully saturated rings. The van der Waals surface area contributed by atoms with Gasteiger partial charge in [-0.05, 0) is 23.6 Å². The molecule has 1 N–H and O–H groups in total. The van der Waals surface area contributed by atoms with Crippen molar-refractivity contribution in [2.45, 2.75) is 12.7 Å². The Balaban J connectivity index is 2.05. The third-order valence-electron chi connectivity index (χ3n) is 3.22. The fraction of sp³-hybridized carbons (Fsp3) is 0.235. The van der Waals surface area contributed by atoms with E-state index in [0.717, 1.165) is 10.9 Å². The first-order valence-electron chi connectivity index (χ1n) is 7.22. The summed E-state index contributed by atoms with van der Waals surface area (Å²) < 4.78 is 38.9. The Hall–Kier alpha value is -2.12. The normalized spacial score (nSPS) is 11.5. The maximum Gasteiger partial charge on any atom is 0.418 e. The Kier molecular flexibility index (Phi) is 6.16. The second kappa shape index (κ2) is 8.12. The number of hydrogen-bond donors (Lipinski definition) is 1. The summed E-state index contributed by atoms with van der Waals surface area (Å²) >= 11 is 1.56. The SMILES string of the molecule is C=CCN(CC(=O)Nc1ccccc1C(F)(F)F)Cc1cccs1. The summed E-state index contributed by atoms with van der Waals surface area (Å²) in [6.45, 7) is 4.64. The lowest BCUT2D eigenvalue weighted by Crippen LogP contribution is -2.33. The minimum atomic E-state index is -4.51. The summed E-state index contributed by atoms with van der Waals surface area (Å²) in [4.78, 5) is 15.0. The molecule has 2 aromatic rings. The van der Waals surface area contributed by atoms with E-state index in [9.17, 15) is 18.0 Å². The van der Waals surface area contributed by atoms with Gasteiger partial charge >= 0.3 is 6.18 Å². The molecule has 0 unspecified atom stereocenters. The lowest BCUT2D eigenvalue weighted by Gasteiger charge is -2.20. The number of rotatable bonds is 7. The number of thiophene rings is 1. The van der Waals surface area contributed by atoms with Gasteiger partial charge in [0.1, 0.15) is 0 Å². The topological polar surface area (TPSA) is 32.3 Å². The van der Waals surface area contributed by atoms with Crippen LogP contribution in [0.25, 0.3) is 0 Å². The molecule has 3 nitrogen and oxygen atoms in total. The van der Waals surface area contributed by atoms with Crippen molar-refractivity contribution in [1.29, 1.82) is 0 Å². The van der Waals surface area contributed by atoms with Crippen molar-refractivity contribution in [3.05, 3.63) is 64.9 Å². The van der Waals surface area contributed by atoms with Crippen LogP contribution >= 0.6 is 11.3 Å². The van der Waals surface area contributed by atoms with Gasteiger partial charge in [-0.3, -0.25) is 9.69 Å². The third-order valence-corrected chi connectivity index (χ3v) is 4.08. The summed E-state index contributed by atoms with van der Waals surface area (Å²) in [5, 5.41) is 4.29. The molecule has 128 valence electrons. The number of alkyl halides is 3. The second-order valence-corrected chi connectivity index (χ2v) is 6.16. The van der Waals surface area contributed by atoms with E-state index < -0.39 is 17.6 Å². The van der Waals surface area contributed by atoms with Crippen LogP contribution in [0.2, 0.25) is 0 Å². The quantitative estimate of drug-likeness (QED) is 0.748. The molecule has 0 saturated heterocycles. The highest BCUT2D eigenvalue weighted by Gasteiger charge is 2.33. The molecule has 0 radical (unpaired) electrons. The Morgan fingerprint density at radius 2 is 2.00 bits per heavy atom. The molecule has 7 heteroatoms. The number of para-hydroxylation sites is 1. The molecule has 1 aromatic heterocycles. The molecule has 1 amide bonds. The van der Waals surface area contributed by atoms with Crippen molar-refractivity contribution in [3.63, 3.8) is 0 Å². The Labute approximate surface area is 142 Å². The highest BCUT2D eigenvalue weighted by Crippen LogP contribution is 2.34. The Morgan fingerprint density at radius 3 is 2.62 bits per heavy atom. The molecule has 0 saturated carbocycles. The van der Waals surface area contributed by atoms with E-state index in [4.69, 9.17) is 0 Å². The first-order valence-corrected chi connectivity index (χ1v) is 8.10. The Morgan fingerprint density at radius 1 is 1.25 bits per heavy atom. The maximum absolute atomic E-state index is 13.0. The van der Waals surface area contributed by atoms with Gasteiger partial charge in [0, 0.05) is 18.0 Å². The lowest BCUT2D eigenvalue weighted by atomic mass is 10.1. The smallest absolute Gasteiger partial charge is 0.324 e. The zero-order chi connectivity index (χ0) is 17.6. The van der Waals surface area contributed by atoms with Gasteiger partial charge in [-0.15, -0.1) is 17.9 Å². The molecule has 2 rings (SSSR count). The molecular weight excluding hydrogens is 337 g/mol. The predicted molar refractivity (Wildman–Crippen MR) is 89.9 cm³/mol. The number of amides is 1. The van der Waals surface area contributed by atoms with Crippen LogP contribution in [0.5, 0.6) is 0 Å². The average Bonchev–Trinajstić information content (AvgIpc) is 2.99. The fourth-order valence-corrected chi connectivity index (χ4v) is 2.97. The van der Waals surface area contributed by atoms with Crippen molar-refractivity contribution < 1.29 is 18.0 Å². The number of anilines is 1. The van der Waals surface area contributed by atoms with Gasteiger partial charge in [0.25, 0.3) is 0 Å². The molecule has 24 heavy (non-hydrogen) atoms. The largest absolute Gasteiger partial charge is 0.418 e. The van der Waals surface area contributed by atoms with Crippen LogP contribution in [0.15, 0.2) is 54.4 Å². The number of carbonyl (C=O) groups excluding carboxylic acids is 1. The van der Waals surface area contributed by atoms with E-state index in [1.165, 1.54) is 18.2 Å². The monoisotopic (exact) mass is 354 g/mol. The van der Waals surface area contributed by atoms with Crippen molar-refractivity contribution in [2.75, 3.05) is 18.4 Å². The van der Waals surface area contributed by atoms with Gasteiger partial charge in [0.2, 0.25) is 5.91 Å². The van der Waals surface area contributed by atoms with Gasteiger partial charge in [0.15, 0.2) is 0 Å². The number of halogens is 3. The van der Waals surface area contributed by atoms with Crippen molar-refractivity contribution >= 4 is 22.9 Å². The number of hydrogen-bond acceptors (Lipinski definition) is 3. The minimum Gasteiger partial charge on any atom is -0.324 e. The van der Waals surface area contributed by atoms with Gasteiger partial charge in [0.05, 0.1) is 17.8 Å². The number of carbonyl (C=O) groups is 1. The van der Waals surface area contributed by atoms with Crippen LogP contribution in [0.3, 0.4) is 0 Å². The van der Waals surface area contributed by atoms with Crippen LogP contribution in [0, 0.1) is 0 Å². The summed E-state index contributed by atoms with van der Waals surface area (Å²) in [7, 11) is 0. The standard InChI is InChI=1S/C17H17F3N2OS/c1-2-9-22(11-13-6-5-10-24-13)12-16(23)21-15-8-4-3-7-14(15)17(18,19)20/h2-8,10H,1,9,11-12H2,(H,21,23). The maximum atomic E-state index is 13.0. The van der Waals surface area contributed by atoms with Gasteiger partial charge in [-0.2, -0.15) is 13.2 Å². The molecule has 0 aliphatic carbocycles. The predicted octanol–water partition coefficient (Wildman–Crippen LogP) is 4.39. The zero-order valence-corrected chi connectivity index (χ0v) is 13.7. The minimum absolute atomic E-state index is 0.0177. The zero-order valence-electron chi connectivity index (χ0n) is 12.8. The van der Waals surface area contributed by atoms with Crippen LogP contribution in [-0.4, -0.2) is 23.9 Å². The lowest BCUT2D eigenvalue weighted by molar-refractivity contribution is -0.137. The number of nitrogens with one attached hydrogen (secondary N) is 1. The summed E-state index contributed by atoms with van der Waals surface area (Å²) in [5.41, 5.74) is -1.09. The number of benzene rings is 1. The molecule has 0 aliphatic heterocycles. The number of nitrogens with zero attached hydrogens (tertiary/aromatic N) is 1. The van der Waals surface area contributed by atoms with E-state index in [1.54, 1.807) is 17.4 Å². The molecular formula is C17H17F3N2OS. The van der Waals surface area contributed by atoms with Gasteiger partial charge < -0.3 is 5.32 Å². The van der Waals surface area contributed by atoms with Crippen LogP contribution in [-0.2, 0) is 17.5 Å². The van der Waals surface area contributed by atoms with E-state index >= 15 is 0 Å². The molecule has 0 atom stereocenters. The van der Waals surface area contributed by atoms with Crippen LogP contribution in [0.1, 0.15) is 10.4 Å². The summed E-state index contributed by atoms with van der Waals surface area (Å²) in [5.74, 6) is -0.495. The molecule has 1 aromatic carbocycles. The van der Waals surface area contributed by atoms with Crippen LogP contribution < -0.4 is 5.32 Å². The molecule has 1 heterocycles. The Bertz CT molecular complexity index is 683. The third kappa shape index (κ3) is 5.21. The first-order chi connectivity index (χ1) is 11.4. The molecule has 0 spiro atoms. The van der Waals surface area contributed by atoms with Crippen molar-refractivity contribution in [1.82, 2.24) is 4.90 Å². The van der Waals surface area contributed by atoms with Gasteiger partial charge in [-0.25, -0.2) is 0 Å². The average molecular weight is 354 g/mol. The summed E-state index contributed by atoms with van der Waals surface area (Å²) in [6.07, 6.45) is -2.85. The van der Waals surface area contributed by atoms with E-state index in [2.05, 4.69) is 11.9 Å². The molecule has 0 aliphatic rings. The van der Waals surface area contributed by atoms with E-state index in [1.807, 2.05) is 22.4 Å². The van der Waals surface area contributed by atoms with Crippen molar-refractivity contribution in [2.24, 2.45) is 0 Å². The molecule has 0 bridgehead atoms. The highest BCUT2D eigenvalue weighted by atomic mass is 32.1. The van der Waals surface area contributed by atoms with Crippen LogP contribution in [0.4, 0.5) is 18.9 Å². The summed E-state index contributed by atoms with van der Waals surface area (Å²) in [6, 6.07) is 8.79. The van der Waals surface area contributed by atoms with E-state index in [0.29, 0.717) is 13.1 Å². The second-order valence-electron chi connectivity index (χ2n) is 5.13. The van der Waals surface area contributed by atoms with Crippen molar-refractivity contribution in [3.8, 4) is 0 Å². The fourth-order valence-electron chi connectivity index (χ4n) is 2.22. The first kappa shape index (κ1) is 18.2. The van der Waals surface area contributed by atoms with Gasteiger partial charge in [-0.1, -0.05) is 24.3 Å². The van der Waals surface area contributed by atoms with E-state index in [-0.39, 0.29) is 12.2 Å². The highest BCUT2D eigenvalue weighted by molar-refractivity contribution is 7.09.